The lowest BCUT2D eigenvalue weighted by atomic mass is 9.94. The smallest absolute Gasteiger partial charge is 0.338 e. The minimum Gasteiger partial charge on any atom is -0.507 e. The molecule has 3 aromatic rings. The molecule has 0 spiro atoms. The number of phenolic OH excluding ortho intramolecular Hbond substituents is 1. The lowest BCUT2D eigenvalue weighted by molar-refractivity contribution is 0.0528. The summed E-state index contributed by atoms with van der Waals surface area (Å²) in [7, 11) is 0. The van der Waals surface area contributed by atoms with Gasteiger partial charge in [-0.2, -0.15) is 5.26 Å². The van der Waals surface area contributed by atoms with Gasteiger partial charge in [0.1, 0.15) is 11.8 Å². The van der Waals surface area contributed by atoms with E-state index >= 15 is 0 Å². The Hall–Kier alpha value is -3.32. The van der Waals surface area contributed by atoms with Gasteiger partial charge in [-0.3, -0.25) is 0 Å². The quantitative estimate of drug-likeness (QED) is 0.733. The highest BCUT2D eigenvalue weighted by atomic mass is 16.5. The van der Waals surface area contributed by atoms with E-state index in [1.54, 1.807) is 25.1 Å². The van der Waals surface area contributed by atoms with Crippen LogP contribution in [0, 0.1) is 11.3 Å². The van der Waals surface area contributed by atoms with Crippen LogP contribution < -0.4 is 0 Å². The maximum Gasteiger partial charge on any atom is 0.338 e. The molecule has 0 aliphatic rings. The van der Waals surface area contributed by atoms with Crippen molar-refractivity contribution in [1.29, 1.82) is 5.26 Å². The van der Waals surface area contributed by atoms with Gasteiger partial charge in [0.2, 0.25) is 0 Å². The van der Waals surface area contributed by atoms with Crippen molar-refractivity contribution in [3.8, 4) is 22.9 Å². The number of phenols is 1. The summed E-state index contributed by atoms with van der Waals surface area (Å²) in [4.78, 5) is 12.2. The molecule has 0 saturated heterocycles. The largest absolute Gasteiger partial charge is 0.507 e. The standard InChI is InChI=1S/C20H15NO3/c1-2-24-20(23)18-9-8-15(16-5-3-4-6-17(16)18)13-7-10-19(22)14(11-13)12-21/h3-11,22H,2H2,1H3. The Labute approximate surface area is 139 Å². The highest BCUT2D eigenvalue weighted by Gasteiger charge is 2.14. The third kappa shape index (κ3) is 2.68. The van der Waals surface area contributed by atoms with Crippen LogP contribution in [-0.2, 0) is 4.74 Å². The normalized spacial score (nSPS) is 10.3. The second-order valence-corrected chi connectivity index (χ2v) is 5.27. The molecule has 0 aliphatic carbocycles. The number of nitrogens with zero attached hydrogens (tertiary/aromatic N) is 1. The predicted molar refractivity (Wildman–Crippen MR) is 91.7 cm³/mol. The Kier molecular flexibility index (Phi) is 4.17. The van der Waals surface area contributed by atoms with Gasteiger partial charge in [0.05, 0.1) is 17.7 Å². The topological polar surface area (TPSA) is 70.3 Å². The van der Waals surface area contributed by atoms with Crippen molar-refractivity contribution in [3.05, 3.63) is 65.7 Å². The Morgan fingerprint density at radius 2 is 1.88 bits per heavy atom. The Morgan fingerprint density at radius 1 is 1.12 bits per heavy atom. The van der Waals surface area contributed by atoms with Crippen LogP contribution in [0.4, 0.5) is 0 Å². The first-order valence-electron chi connectivity index (χ1n) is 7.58. The van der Waals surface area contributed by atoms with Gasteiger partial charge >= 0.3 is 5.97 Å². The number of carbonyl (C=O) groups is 1. The molecule has 4 heteroatoms. The lowest BCUT2D eigenvalue weighted by Crippen LogP contribution is -2.05. The van der Waals surface area contributed by atoms with Crippen LogP contribution in [0.15, 0.2) is 54.6 Å². The molecule has 4 nitrogen and oxygen atoms in total. The van der Waals surface area contributed by atoms with Crippen LogP contribution in [-0.4, -0.2) is 17.7 Å². The fourth-order valence-corrected chi connectivity index (χ4v) is 2.73. The van der Waals surface area contributed by atoms with Crippen LogP contribution in [0.1, 0.15) is 22.8 Å². The molecule has 0 radical (unpaired) electrons. The molecule has 0 fully saturated rings. The zero-order valence-electron chi connectivity index (χ0n) is 13.1. The van der Waals surface area contributed by atoms with E-state index in [2.05, 4.69) is 0 Å². The molecule has 0 saturated carbocycles. The molecule has 3 rings (SSSR count). The van der Waals surface area contributed by atoms with Crippen molar-refractivity contribution in [3.63, 3.8) is 0 Å². The van der Waals surface area contributed by atoms with Crippen LogP contribution in [0.3, 0.4) is 0 Å². The highest BCUT2D eigenvalue weighted by molar-refractivity contribution is 6.09. The van der Waals surface area contributed by atoms with Crippen molar-refractivity contribution >= 4 is 16.7 Å². The average Bonchev–Trinajstić information content (AvgIpc) is 2.61. The predicted octanol–water partition coefficient (Wildman–Crippen LogP) is 4.26. The Morgan fingerprint density at radius 3 is 2.58 bits per heavy atom. The molecule has 0 unspecified atom stereocenters. The van der Waals surface area contributed by atoms with Gasteiger partial charge in [-0.25, -0.2) is 4.79 Å². The average molecular weight is 317 g/mol. The van der Waals surface area contributed by atoms with Crippen molar-refractivity contribution < 1.29 is 14.6 Å². The van der Waals surface area contributed by atoms with Gasteiger partial charge in [-0.1, -0.05) is 36.4 Å². The lowest BCUT2D eigenvalue weighted by Gasteiger charge is -2.11. The van der Waals surface area contributed by atoms with Gasteiger partial charge in [0.15, 0.2) is 0 Å². The summed E-state index contributed by atoms with van der Waals surface area (Å²) in [5, 5.41) is 20.5. The van der Waals surface area contributed by atoms with Crippen molar-refractivity contribution in [2.75, 3.05) is 6.61 Å². The van der Waals surface area contributed by atoms with E-state index in [-0.39, 0.29) is 17.3 Å². The van der Waals surface area contributed by atoms with Crippen LogP contribution in [0.5, 0.6) is 5.75 Å². The summed E-state index contributed by atoms with van der Waals surface area (Å²) >= 11 is 0. The summed E-state index contributed by atoms with van der Waals surface area (Å²) < 4.78 is 5.12. The molecule has 0 amide bonds. The third-order valence-corrected chi connectivity index (χ3v) is 3.85. The zero-order valence-corrected chi connectivity index (χ0v) is 13.1. The molecule has 0 bridgehead atoms. The number of hydrogen-bond donors (Lipinski definition) is 1. The number of ether oxygens (including phenoxy) is 1. The minimum absolute atomic E-state index is 0.0475. The monoisotopic (exact) mass is 317 g/mol. The molecule has 118 valence electrons. The van der Waals surface area contributed by atoms with E-state index in [4.69, 9.17) is 10.00 Å². The number of fused-ring (bicyclic) bond motifs is 1. The first-order valence-corrected chi connectivity index (χ1v) is 7.58. The molecule has 0 atom stereocenters. The second kappa shape index (κ2) is 6.43. The SMILES string of the molecule is CCOC(=O)c1ccc(-c2ccc(O)c(C#N)c2)c2ccccc12. The molecule has 0 heterocycles. The summed E-state index contributed by atoms with van der Waals surface area (Å²) in [5.41, 5.74) is 2.41. The molecule has 24 heavy (non-hydrogen) atoms. The van der Waals surface area contributed by atoms with Crippen molar-refractivity contribution in [2.24, 2.45) is 0 Å². The number of rotatable bonds is 3. The Balaban J connectivity index is 2.23. The minimum atomic E-state index is -0.358. The van der Waals surface area contributed by atoms with E-state index in [0.717, 1.165) is 21.9 Å². The van der Waals surface area contributed by atoms with Gasteiger partial charge in [0, 0.05) is 0 Å². The van der Waals surface area contributed by atoms with Crippen LogP contribution in [0.2, 0.25) is 0 Å². The summed E-state index contributed by atoms with van der Waals surface area (Å²) in [6.45, 7) is 2.09. The first kappa shape index (κ1) is 15.6. The summed E-state index contributed by atoms with van der Waals surface area (Å²) in [6.07, 6.45) is 0. The number of benzene rings is 3. The van der Waals surface area contributed by atoms with Crippen molar-refractivity contribution in [1.82, 2.24) is 0 Å². The van der Waals surface area contributed by atoms with E-state index < -0.39 is 0 Å². The van der Waals surface area contributed by atoms with E-state index in [0.29, 0.717) is 12.2 Å². The van der Waals surface area contributed by atoms with Gasteiger partial charge in [-0.05, 0) is 47.0 Å². The fourth-order valence-electron chi connectivity index (χ4n) is 2.73. The molecule has 0 aliphatic heterocycles. The number of hydrogen-bond acceptors (Lipinski definition) is 4. The van der Waals surface area contributed by atoms with Gasteiger partial charge in [0.25, 0.3) is 0 Å². The van der Waals surface area contributed by atoms with Crippen molar-refractivity contribution in [2.45, 2.75) is 6.92 Å². The zero-order chi connectivity index (χ0) is 17.1. The van der Waals surface area contributed by atoms with Crippen LogP contribution in [0.25, 0.3) is 21.9 Å². The van der Waals surface area contributed by atoms with Gasteiger partial charge < -0.3 is 9.84 Å². The summed E-state index contributed by atoms with van der Waals surface area (Å²) in [5.74, 6) is -0.405. The number of carbonyl (C=O) groups excluding carboxylic acids is 1. The second-order valence-electron chi connectivity index (χ2n) is 5.27. The highest BCUT2D eigenvalue weighted by Crippen LogP contribution is 2.33. The number of nitriles is 1. The van der Waals surface area contributed by atoms with E-state index in [1.165, 1.54) is 6.07 Å². The maximum atomic E-state index is 12.2. The van der Waals surface area contributed by atoms with Crippen LogP contribution >= 0.6 is 0 Å². The third-order valence-electron chi connectivity index (χ3n) is 3.85. The van der Waals surface area contributed by atoms with E-state index in [9.17, 15) is 9.90 Å². The molecular weight excluding hydrogens is 302 g/mol. The number of esters is 1. The van der Waals surface area contributed by atoms with E-state index in [1.807, 2.05) is 36.4 Å². The summed E-state index contributed by atoms with van der Waals surface area (Å²) in [6, 6.07) is 18.0. The fraction of sp³-hybridized carbons (Fsp3) is 0.100. The first-order chi connectivity index (χ1) is 11.7. The maximum absolute atomic E-state index is 12.2. The Bertz CT molecular complexity index is 970. The molecule has 1 N–H and O–H groups in total. The molecule has 3 aromatic carbocycles. The molecular formula is C20H15NO3. The number of aromatic hydroxyl groups is 1. The molecule has 0 aromatic heterocycles. The van der Waals surface area contributed by atoms with Gasteiger partial charge in [-0.15, -0.1) is 0 Å².